The van der Waals surface area contributed by atoms with Crippen molar-refractivity contribution >= 4 is 27.3 Å². The van der Waals surface area contributed by atoms with Crippen LogP contribution in [0.1, 0.15) is 36.9 Å². The molecule has 2 heterocycles. The fraction of sp³-hybridized carbons (Fsp3) is 0.353. The number of amides is 1. The van der Waals surface area contributed by atoms with Crippen LogP contribution in [0.4, 0.5) is 14.5 Å². The Morgan fingerprint density at radius 3 is 2.54 bits per heavy atom. The molecular formula is C17H18F2N4O4S. The summed E-state index contributed by atoms with van der Waals surface area (Å²) in [5.74, 6) is -4.21. The van der Waals surface area contributed by atoms with Crippen LogP contribution in [-0.2, 0) is 15.4 Å². The first-order valence-electron chi connectivity index (χ1n) is 8.17. The highest BCUT2D eigenvalue weighted by atomic mass is 32.2. The largest absolute Gasteiger partial charge is 0.386 e. The zero-order valence-electron chi connectivity index (χ0n) is 15.3. The van der Waals surface area contributed by atoms with Crippen LogP contribution in [0.15, 0.2) is 33.9 Å². The molecule has 1 aromatic heterocycles. The number of aliphatic imine (C=N–C) groups is 1. The molecule has 0 unspecified atom stereocenters. The average molecular weight is 412 g/mol. The summed E-state index contributed by atoms with van der Waals surface area (Å²) in [7, 11) is -3.82. The summed E-state index contributed by atoms with van der Waals surface area (Å²) in [4.78, 5) is 16.2. The zero-order chi connectivity index (χ0) is 20.9. The van der Waals surface area contributed by atoms with Crippen LogP contribution < -0.4 is 11.1 Å². The third-order valence-corrected chi connectivity index (χ3v) is 7.47. The number of nitrogens with zero attached hydrogens (tertiary/aromatic N) is 2. The maximum absolute atomic E-state index is 14.6. The first-order valence-corrected chi connectivity index (χ1v) is 9.82. The van der Waals surface area contributed by atoms with Gasteiger partial charge in [-0.25, -0.2) is 17.2 Å². The monoisotopic (exact) mass is 412 g/mol. The van der Waals surface area contributed by atoms with Crippen LogP contribution in [0.25, 0.3) is 0 Å². The minimum Gasteiger partial charge on any atom is -0.386 e. The summed E-state index contributed by atoms with van der Waals surface area (Å²) in [5, 5.41) is 5.74. The van der Waals surface area contributed by atoms with Gasteiger partial charge in [-0.3, -0.25) is 9.79 Å². The van der Waals surface area contributed by atoms with Crippen molar-refractivity contribution in [3.05, 3.63) is 47.4 Å². The number of hydrogen-bond acceptors (Lipinski definition) is 7. The summed E-state index contributed by atoms with van der Waals surface area (Å²) >= 11 is 0. The number of nitrogens with two attached hydrogens (primary N) is 1. The van der Waals surface area contributed by atoms with Crippen molar-refractivity contribution in [2.45, 2.75) is 31.1 Å². The number of sulfone groups is 1. The molecule has 1 aliphatic rings. The number of anilines is 1. The van der Waals surface area contributed by atoms with Crippen LogP contribution in [0, 0.1) is 11.6 Å². The Kier molecular flexibility index (Phi) is 4.53. The van der Waals surface area contributed by atoms with Gasteiger partial charge in [-0.05, 0) is 26.8 Å². The Hall–Kier alpha value is -2.82. The molecule has 150 valence electrons. The van der Waals surface area contributed by atoms with E-state index >= 15 is 0 Å². The molecule has 2 aromatic rings. The first kappa shape index (κ1) is 19.9. The van der Waals surface area contributed by atoms with Crippen LogP contribution in [-0.4, -0.2) is 35.8 Å². The van der Waals surface area contributed by atoms with E-state index in [2.05, 4.69) is 15.5 Å². The van der Waals surface area contributed by atoms with Gasteiger partial charge < -0.3 is 15.6 Å². The quantitative estimate of drug-likeness (QED) is 0.793. The van der Waals surface area contributed by atoms with Crippen molar-refractivity contribution in [2.75, 3.05) is 11.1 Å². The van der Waals surface area contributed by atoms with Crippen molar-refractivity contribution in [1.82, 2.24) is 5.16 Å². The topological polar surface area (TPSA) is 128 Å². The van der Waals surface area contributed by atoms with E-state index in [1.54, 1.807) is 0 Å². The highest BCUT2D eigenvalue weighted by Gasteiger charge is 2.49. The molecule has 3 rings (SSSR count). The standard InChI is InChI=1S/C17H18F2N4O4S/c1-16(2)15(20)23-17(3,8-28(16,25)26)10-6-9(7-11(18)13(10)19)22-14(24)12-4-5-21-27-12/h4-7H,8H2,1-3H3,(H2,20,23)(H,22,24)/t17-/m0/s1. The van der Waals surface area contributed by atoms with E-state index in [0.717, 1.165) is 12.1 Å². The predicted molar refractivity (Wildman–Crippen MR) is 97.7 cm³/mol. The summed E-state index contributed by atoms with van der Waals surface area (Å²) < 4.78 is 57.4. The molecule has 3 N–H and O–H groups in total. The van der Waals surface area contributed by atoms with Gasteiger partial charge in [0.25, 0.3) is 5.91 Å². The number of aromatic nitrogens is 1. The van der Waals surface area contributed by atoms with E-state index in [9.17, 15) is 22.0 Å². The number of hydrogen-bond donors (Lipinski definition) is 2. The Bertz CT molecular complexity index is 1080. The summed E-state index contributed by atoms with van der Waals surface area (Å²) in [6, 6.07) is 3.18. The second-order valence-electron chi connectivity index (χ2n) is 7.19. The lowest BCUT2D eigenvalue weighted by Gasteiger charge is -2.38. The van der Waals surface area contributed by atoms with E-state index in [1.165, 1.54) is 33.0 Å². The molecule has 0 saturated heterocycles. The van der Waals surface area contributed by atoms with E-state index in [1.807, 2.05) is 0 Å². The molecule has 0 radical (unpaired) electrons. The van der Waals surface area contributed by atoms with E-state index in [0.29, 0.717) is 0 Å². The van der Waals surface area contributed by atoms with Gasteiger partial charge in [0.15, 0.2) is 21.5 Å². The maximum atomic E-state index is 14.6. The summed E-state index contributed by atoms with van der Waals surface area (Å²) in [6.07, 6.45) is 1.25. The third kappa shape index (κ3) is 3.15. The van der Waals surface area contributed by atoms with Crippen molar-refractivity contribution in [3.63, 3.8) is 0 Å². The van der Waals surface area contributed by atoms with E-state index in [4.69, 9.17) is 10.3 Å². The third-order valence-electron chi connectivity index (χ3n) is 4.76. The highest BCUT2D eigenvalue weighted by Crippen LogP contribution is 2.39. The van der Waals surface area contributed by atoms with Gasteiger partial charge in [0.2, 0.25) is 5.76 Å². The molecule has 11 heteroatoms. The molecule has 28 heavy (non-hydrogen) atoms. The summed E-state index contributed by atoms with van der Waals surface area (Å²) in [5.41, 5.74) is 3.72. The Balaban J connectivity index is 2.08. The molecule has 0 aliphatic carbocycles. The van der Waals surface area contributed by atoms with Crippen LogP contribution in [0.5, 0.6) is 0 Å². The second kappa shape index (κ2) is 6.36. The molecule has 1 atom stereocenters. The fourth-order valence-electron chi connectivity index (χ4n) is 2.86. The normalized spacial score (nSPS) is 23.1. The number of carbonyl (C=O) groups is 1. The molecular weight excluding hydrogens is 394 g/mol. The molecule has 8 nitrogen and oxygen atoms in total. The van der Waals surface area contributed by atoms with Crippen LogP contribution >= 0.6 is 0 Å². The van der Waals surface area contributed by atoms with Gasteiger partial charge in [-0.1, -0.05) is 5.16 Å². The van der Waals surface area contributed by atoms with Crippen molar-refractivity contribution in [3.8, 4) is 0 Å². The molecule has 0 spiro atoms. The Morgan fingerprint density at radius 1 is 1.29 bits per heavy atom. The van der Waals surface area contributed by atoms with E-state index < -0.39 is 43.4 Å². The van der Waals surface area contributed by atoms with Gasteiger partial charge in [0.1, 0.15) is 16.1 Å². The second-order valence-corrected chi connectivity index (χ2v) is 9.73. The number of amidine groups is 1. The number of carbonyl (C=O) groups excluding carboxylic acids is 1. The van der Waals surface area contributed by atoms with Crippen LogP contribution in [0.2, 0.25) is 0 Å². The lowest BCUT2D eigenvalue weighted by molar-refractivity contribution is 0.0988. The van der Waals surface area contributed by atoms with Gasteiger partial charge in [-0.2, -0.15) is 0 Å². The lowest BCUT2D eigenvalue weighted by Crippen LogP contribution is -2.55. The molecule has 0 saturated carbocycles. The van der Waals surface area contributed by atoms with Crippen LogP contribution in [0.3, 0.4) is 0 Å². The average Bonchev–Trinajstić information content (AvgIpc) is 3.10. The highest BCUT2D eigenvalue weighted by molar-refractivity contribution is 7.93. The number of halogens is 2. The van der Waals surface area contributed by atoms with E-state index in [-0.39, 0.29) is 22.8 Å². The lowest BCUT2D eigenvalue weighted by atomic mass is 9.92. The predicted octanol–water partition coefficient (Wildman–Crippen LogP) is 1.98. The summed E-state index contributed by atoms with van der Waals surface area (Å²) in [6.45, 7) is 4.13. The van der Waals surface area contributed by atoms with Crippen molar-refractivity contribution in [2.24, 2.45) is 10.7 Å². The maximum Gasteiger partial charge on any atom is 0.294 e. The van der Waals surface area contributed by atoms with Crippen molar-refractivity contribution in [1.29, 1.82) is 0 Å². The molecule has 0 fully saturated rings. The fourth-order valence-corrected chi connectivity index (χ4v) is 4.54. The SMILES string of the molecule is CC1(C)C(N)=N[C@](C)(c2cc(NC(=O)c3ccno3)cc(F)c2F)CS1(=O)=O. The van der Waals surface area contributed by atoms with Gasteiger partial charge in [0.05, 0.1) is 11.9 Å². The molecule has 1 amide bonds. The van der Waals surface area contributed by atoms with Gasteiger partial charge in [0, 0.05) is 23.4 Å². The smallest absolute Gasteiger partial charge is 0.294 e. The molecule has 1 aromatic carbocycles. The number of nitrogens with one attached hydrogen (secondary N) is 1. The van der Waals surface area contributed by atoms with Crippen molar-refractivity contribution < 1.29 is 26.5 Å². The minimum atomic E-state index is -3.82. The number of benzene rings is 1. The van der Waals surface area contributed by atoms with Gasteiger partial charge >= 0.3 is 0 Å². The number of rotatable bonds is 3. The molecule has 1 aliphatic heterocycles. The van der Waals surface area contributed by atoms with Gasteiger partial charge in [-0.15, -0.1) is 0 Å². The zero-order valence-corrected chi connectivity index (χ0v) is 16.1. The molecule has 0 bridgehead atoms. The first-order chi connectivity index (χ1) is 12.9. The Morgan fingerprint density at radius 2 is 1.96 bits per heavy atom. The minimum absolute atomic E-state index is 0.104. The Labute approximate surface area is 159 Å².